The molecule has 0 aromatic heterocycles. The molecule has 1 atom stereocenters. The molecule has 2 fully saturated rings. The zero-order valence-corrected chi connectivity index (χ0v) is 17.6. The third kappa shape index (κ3) is 5.71. The van der Waals surface area contributed by atoms with Crippen molar-refractivity contribution in [3.05, 3.63) is 29.8 Å². The summed E-state index contributed by atoms with van der Waals surface area (Å²) in [5.74, 6) is 0.513. The molecule has 1 aromatic carbocycles. The summed E-state index contributed by atoms with van der Waals surface area (Å²) >= 11 is 0. The smallest absolute Gasteiger partial charge is 0.306 e. The second-order valence-corrected chi connectivity index (χ2v) is 8.58. The van der Waals surface area contributed by atoms with Gasteiger partial charge in [-0.3, -0.25) is 14.5 Å². The van der Waals surface area contributed by atoms with Crippen molar-refractivity contribution < 1.29 is 19.4 Å². The van der Waals surface area contributed by atoms with Crippen molar-refractivity contribution in [1.29, 1.82) is 0 Å². The van der Waals surface area contributed by atoms with Crippen LogP contribution in [-0.4, -0.2) is 61.3 Å². The number of hydrogen-bond donors (Lipinski definition) is 1. The number of rotatable bonds is 5. The topological polar surface area (TPSA) is 70.1 Å². The zero-order chi connectivity index (χ0) is 20.7. The Labute approximate surface area is 168 Å². The van der Waals surface area contributed by atoms with Crippen molar-refractivity contribution in [3.63, 3.8) is 0 Å². The minimum absolute atomic E-state index is 0.0187. The van der Waals surface area contributed by atoms with Gasteiger partial charge < -0.3 is 14.7 Å². The summed E-state index contributed by atoms with van der Waals surface area (Å²) in [6, 6.07) is 8.79. The van der Waals surface area contributed by atoms with Crippen LogP contribution < -0.4 is 4.90 Å². The number of hydrogen-bond acceptors (Lipinski definition) is 5. The molecule has 2 aliphatic heterocycles. The van der Waals surface area contributed by atoms with Gasteiger partial charge in [-0.05, 0) is 24.0 Å². The van der Waals surface area contributed by atoms with E-state index in [4.69, 9.17) is 14.6 Å². The second kappa shape index (κ2) is 9.92. The average Bonchev–Trinajstić information content (AvgIpc) is 2.92. The highest BCUT2D eigenvalue weighted by molar-refractivity contribution is 5.72. The zero-order valence-electron chi connectivity index (χ0n) is 17.6. The molecule has 2 saturated heterocycles. The van der Waals surface area contributed by atoms with Gasteiger partial charge in [-0.25, -0.2) is 0 Å². The van der Waals surface area contributed by atoms with Crippen molar-refractivity contribution in [3.8, 4) is 0 Å². The third-order valence-electron chi connectivity index (χ3n) is 5.72. The molecule has 1 unspecified atom stereocenters. The first-order valence-corrected chi connectivity index (χ1v) is 10.1. The van der Waals surface area contributed by atoms with Crippen LogP contribution in [0.2, 0.25) is 0 Å². The monoisotopic (exact) mass is 390 g/mol. The van der Waals surface area contributed by atoms with E-state index in [1.165, 1.54) is 11.3 Å². The van der Waals surface area contributed by atoms with E-state index in [0.717, 1.165) is 39.1 Å². The number of benzene rings is 1. The maximum Gasteiger partial charge on any atom is 0.306 e. The molecule has 2 aliphatic rings. The predicted octanol–water partition coefficient (Wildman–Crippen LogP) is 3.36. The molecule has 1 aromatic rings. The number of anilines is 1. The lowest BCUT2D eigenvalue weighted by Gasteiger charge is -2.38. The summed E-state index contributed by atoms with van der Waals surface area (Å²) in [6.45, 7) is 13.9. The summed E-state index contributed by atoms with van der Waals surface area (Å²) < 4.78 is 5.52. The fourth-order valence-corrected chi connectivity index (χ4v) is 4.07. The number of carboxylic acid groups (broad SMARTS) is 1. The maximum absolute atomic E-state index is 11.6. The SMILES string of the molecule is CC(C)c1ccccc1N1CCN(CCC2OC(=O)CC2(C)C)CC1.O=CO. The molecule has 2 heterocycles. The molecule has 0 amide bonds. The van der Waals surface area contributed by atoms with Gasteiger partial charge in [-0.2, -0.15) is 0 Å². The number of para-hydroxylation sites is 1. The number of piperazine rings is 1. The summed E-state index contributed by atoms with van der Waals surface area (Å²) in [6.07, 6.45) is 1.57. The van der Waals surface area contributed by atoms with E-state index in [-0.39, 0.29) is 24.0 Å². The minimum Gasteiger partial charge on any atom is -0.483 e. The first-order chi connectivity index (χ1) is 13.3. The van der Waals surface area contributed by atoms with Crippen LogP contribution in [-0.2, 0) is 14.3 Å². The highest BCUT2D eigenvalue weighted by Crippen LogP contribution is 2.36. The Bertz CT molecular complexity index is 652. The Kier molecular flexibility index (Phi) is 7.87. The fourth-order valence-electron chi connectivity index (χ4n) is 4.07. The predicted molar refractivity (Wildman–Crippen MR) is 111 cm³/mol. The number of cyclic esters (lactones) is 1. The Morgan fingerprint density at radius 3 is 2.36 bits per heavy atom. The Morgan fingerprint density at radius 2 is 1.82 bits per heavy atom. The van der Waals surface area contributed by atoms with Crippen molar-refractivity contribution in [2.24, 2.45) is 5.41 Å². The molecular formula is C22H34N2O4. The molecule has 0 spiro atoms. The van der Waals surface area contributed by atoms with E-state index in [9.17, 15) is 4.79 Å². The third-order valence-corrected chi connectivity index (χ3v) is 5.72. The first-order valence-electron chi connectivity index (χ1n) is 10.1. The fraction of sp³-hybridized carbons (Fsp3) is 0.636. The molecule has 6 heteroatoms. The Hall–Kier alpha value is -2.08. The van der Waals surface area contributed by atoms with E-state index < -0.39 is 0 Å². The molecule has 156 valence electrons. The lowest BCUT2D eigenvalue weighted by atomic mass is 9.84. The van der Waals surface area contributed by atoms with Crippen LogP contribution in [0.15, 0.2) is 24.3 Å². The normalized spacial score (nSPS) is 21.8. The van der Waals surface area contributed by atoms with Gasteiger partial charge in [0.15, 0.2) is 0 Å². The van der Waals surface area contributed by atoms with Gasteiger partial charge in [0.05, 0.1) is 6.42 Å². The molecule has 0 bridgehead atoms. The number of carbonyl (C=O) groups is 2. The van der Waals surface area contributed by atoms with Crippen LogP contribution in [0.1, 0.15) is 52.0 Å². The van der Waals surface area contributed by atoms with Crippen molar-refractivity contribution in [2.75, 3.05) is 37.6 Å². The standard InChI is InChI=1S/C21H32N2O2.CH2O2/c1-16(2)17-7-5-6-8-18(17)23-13-11-22(12-14-23)10-9-19-21(3,4)15-20(24)25-19;2-1-3/h5-8,16,19H,9-15H2,1-4H3;1H,(H,2,3). The Balaban J connectivity index is 0.000000878. The van der Waals surface area contributed by atoms with Crippen molar-refractivity contribution in [2.45, 2.75) is 52.6 Å². The summed E-state index contributed by atoms with van der Waals surface area (Å²) in [5.41, 5.74) is 2.81. The molecule has 3 rings (SSSR count). The quantitative estimate of drug-likeness (QED) is 0.614. The van der Waals surface area contributed by atoms with Crippen LogP contribution >= 0.6 is 0 Å². The second-order valence-electron chi connectivity index (χ2n) is 8.58. The number of esters is 1. The summed E-state index contributed by atoms with van der Waals surface area (Å²) in [5, 5.41) is 6.89. The molecule has 0 aliphatic carbocycles. The van der Waals surface area contributed by atoms with E-state index in [2.05, 4.69) is 61.8 Å². The van der Waals surface area contributed by atoms with Crippen LogP contribution in [0, 0.1) is 5.41 Å². The van der Waals surface area contributed by atoms with Crippen LogP contribution in [0.25, 0.3) is 0 Å². The van der Waals surface area contributed by atoms with Gasteiger partial charge in [0, 0.05) is 43.8 Å². The van der Waals surface area contributed by atoms with E-state index in [1.807, 2.05) is 0 Å². The molecule has 28 heavy (non-hydrogen) atoms. The first kappa shape index (κ1) is 22.2. The molecular weight excluding hydrogens is 356 g/mol. The van der Waals surface area contributed by atoms with E-state index in [1.54, 1.807) is 0 Å². The number of nitrogens with zero attached hydrogens (tertiary/aromatic N) is 2. The van der Waals surface area contributed by atoms with Crippen LogP contribution in [0.4, 0.5) is 5.69 Å². The van der Waals surface area contributed by atoms with Gasteiger partial charge in [0.25, 0.3) is 6.47 Å². The van der Waals surface area contributed by atoms with Gasteiger partial charge in [0.2, 0.25) is 0 Å². The van der Waals surface area contributed by atoms with Gasteiger partial charge in [-0.1, -0.05) is 45.9 Å². The minimum atomic E-state index is -0.250. The van der Waals surface area contributed by atoms with Gasteiger partial charge in [0.1, 0.15) is 6.10 Å². The van der Waals surface area contributed by atoms with Crippen molar-refractivity contribution in [1.82, 2.24) is 4.90 Å². The van der Waals surface area contributed by atoms with E-state index in [0.29, 0.717) is 12.3 Å². The van der Waals surface area contributed by atoms with E-state index >= 15 is 0 Å². The highest BCUT2D eigenvalue weighted by atomic mass is 16.6. The molecule has 1 N–H and O–H groups in total. The van der Waals surface area contributed by atoms with Crippen LogP contribution in [0.3, 0.4) is 0 Å². The van der Waals surface area contributed by atoms with Gasteiger partial charge in [-0.15, -0.1) is 0 Å². The molecule has 6 nitrogen and oxygen atoms in total. The molecule has 0 radical (unpaired) electrons. The lowest BCUT2D eigenvalue weighted by Crippen LogP contribution is -2.47. The van der Waals surface area contributed by atoms with Crippen molar-refractivity contribution >= 4 is 18.1 Å². The summed E-state index contributed by atoms with van der Waals surface area (Å²) in [7, 11) is 0. The summed E-state index contributed by atoms with van der Waals surface area (Å²) in [4.78, 5) is 25.0. The maximum atomic E-state index is 11.6. The highest BCUT2D eigenvalue weighted by Gasteiger charge is 2.41. The van der Waals surface area contributed by atoms with Gasteiger partial charge >= 0.3 is 5.97 Å². The number of carbonyl (C=O) groups excluding carboxylic acids is 1. The van der Waals surface area contributed by atoms with Crippen LogP contribution in [0.5, 0.6) is 0 Å². The average molecular weight is 391 g/mol. The molecule has 0 saturated carbocycles. The largest absolute Gasteiger partial charge is 0.483 e. The number of ether oxygens (including phenoxy) is 1. The lowest BCUT2D eigenvalue weighted by molar-refractivity contribution is -0.142. The Morgan fingerprint density at radius 1 is 1.21 bits per heavy atom.